The second kappa shape index (κ2) is 9.27. The molecule has 10 heteroatoms. The Balaban J connectivity index is 1.60. The first-order valence-electron chi connectivity index (χ1n) is 10.3. The number of hydrogen-bond donors (Lipinski definition) is 1. The van der Waals surface area contributed by atoms with Gasteiger partial charge in [-0.25, -0.2) is 8.42 Å². The first kappa shape index (κ1) is 21.8. The van der Waals surface area contributed by atoms with Gasteiger partial charge in [0.2, 0.25) is 15.9 Å². The quantitative estimate of drug-likeness (QED) is 0.668. The maximum atomic E-state index is 13.0. The van der Waals surface area contributed by atoms with Crippen LogP contribution in [0.25, 0.3) is 0 Å². The molecular weight excluding hydrogens is 394 g/mol. The van der Waals surface area contributed by atoms with Crippen LogP contribution in [-0.2, 0) is 21.9 Å². The molecule has 0 bridgehead atoms. The highest BCUT2D eigenvalue weighted by Gasteiger charge is 2.31. The molecule has 0 radical (unpaired) electrons. The molecule has 1 N–H and O–H groups in total. The Morgan fingerprint density at radius 2 is 1.72 bits per heavy atom. The second-order valence-electron chi connectivity index (χ2n) is 7.70. The fourth-order valence-electron chi connectivity index (χ4n) is 3.76. The van der Waals surface area contributed by atoms with Gasteiger partial charge in [-0.3, -0.25) is 14.5 Å². The average molecular weight is 426 g/mol. The largest absolute Gasteiger partial charge is 0.355 e. The van der Waals surface area contributed by atoms with Crippen molar-refractivity contribution in [3.8, 4) is 0 Å². The van der Waals surface area contributed by atoms with E-state index in [1.54, 1.807) is 16.5 Å². The molecule has 0 spiro atoms. The first-order valence-corrected chi connectivity index (χ1v) is 11.7. The number of piperazine rings is 1. The highest BCUT2D eigenvalue weighted by atomic mass is 32.2. The van der Waals surface area contributed by atoms with E-state index >= 15 is 0 Å². The number of carbonyl (C=O) groups excluding carboxylic acids is 2. The molecule has 9 nitrogen and oxygen atoms in total. The maximum absolute atomic E-state index is 13.0. The summed E-state index contributed by atoms with van der Waals surface area (Å²) < 4.78 is 28.6. The lowest BCUT2D eigenvalue weighted by atomic mass is 10.2. The van der Waals surface area contributed by atoms with Crippen LogP contribution < -0.4 is 5.32 Å². The van der Waals surface area contributed by atoms with Crippen molar-refractivity contribution in [2.75, 3.05) is 52.4 Å². The van der Waals surface area contributed by atoms with E-state index in [2.05, 4.69) is 5.32 Å². The Bertz CT molecular complexity index is 837. The summed E-state index contributed by atoms with van der Waals surface area (Å²) in [6.45, 7) is 6.36. The van der Waals surface area contributed by atoms with Gasteiger partial charge in [-0.05, 0) is 25.3 Å². The summed E-state index contributed by atoms with van der Waals surface area (Å²) >= 11 is 0. The van der Waals surface area contributed by atoms with E-state index in [0.717, 1.165) is 19.3 Å². The zero-order chi connectivity index (χ0) is 21.0. The van der Waals surface area contributed by atoms with E-state index in [1.807, 2.05) is 11.8 Å². The van der Waals surface area contributed by atoms with Gasteiger partial charge in [0.15, 0.2) is 0 Å². The fourth-order valence-corrected chi connectivity index (χ4v) is 5.35. The number of aryl methyl sites for hydroxylation is 1. The van der Waals surface area contributed by atoms with Crippen molar-refractivity contribution < 1.29 is 18.0 Å². The van der Waals surface area contributed by atoms with Gasteiger partial charge in [0.25, 0.3) is 5.91 Å². The molecule has 0 saturated carbocycles. The van der Waals surface area contributed by atoms with Gasteiger partial charge in [-0.15, -0.1) is 0 Å². The van der Waals surface area contributed by atoms with Crippen LogP contribution in [0.4, 0.5) is 0 Å². The number of sulfonamides is 1. The third-order valence-electron chi connectivity index (χ3n) is 5.50. The van der Waals surface area contributed by atoms with Gasteiger partial charge in [0, 0.05) is 59.1 Å². The smallest absolute Gasteiger partial charge is 0.270 e. The van der Waals surface area contributed by atoms with Crippen molar-refractivity contribution >= 4 is 21.8 Å². The van der Waals surface area contributed by atoms with E-state index in [1.165, 1.54) is 16.6 Å². The van der Waals surface area contributed by atoms with Crippen molar-refractivity contribution in [3.63, 3.8) is 0 Å². The summed E-state index contributed by atoms with van der Waals surface area (Å²) in [5.41, 5.74) is 0.372. The van der Waals surface area contributed by atoms with Crippen LogP contribution in [0.3, 0.4) is 0 Å². The molecule has 0 atom stereocenters. The summed E-state index contributed by atoms with van der Waals surface area (Å²) in [4.78, 5) is 28.7. The third kappa shape index (κ3) is 4.99. The maximum Gasteiger partial charge on any atom is 0.270 e. The number of hydrogen-bond acceptors (Lipinski definition) is 5. The standard InChI is InChI=1S/C19H31N5O4S/c1-3-6-20-18(25)15-22-9-11-23(12-10-22)19(26)17-13-16(14-21(17)2)29(27,28)24-7-4-5-8-24/h13-14H,3-12,15H2,1-2H3,(H,20,25). The highest BCUT2D eigenvalue weighted by Crippen LogP contribution is 2.23. The predicted molar refractivity (Wildman–Crippen MR) is 109 cm³/mol. The van der Waals surface area contributed by atoms with Crippen molar-refractivity contribution in [1.82, 2.24) is 24.0 Å². The van der Waals surface area contributed by atoms with E-state index in [-0.39, 0.29) is 16.7 Å². The van der Waals surface area contributed by atoms with Crippen molar-refractivity contribution in [2.24, 2.45) is 7.05 Å². The molecule has 3 heterocycles. The molecular formula is C19H31N5O4S. The lowest BCUT2D eigenvalue weighted by Gasteiger charge is -2.34. The normalized spacial score (nSPS) is 18.9. The number of aromatic nitrogens is 1. The zero-order valence-electron chi connectivity index (χ0n) is 17.3. The van der Waals surface area contributed by atoms with Crippen LogP contribution in [0.1, 0.15) is 36.7 Å². The van der Waals surface area contributed by atoms with E-state index in [4.69, 9.17) is 0 Å². The Labute approximate surface area is 172 Å². The number of rotatable bonds is 7. The zero-order valence-corrected chi connectivity index (χ0v) is 18.1. The van der Waals surface area contributed by atoms with Gasteiger partial charge < -0.3 is 14.8 Å². The molecule has 2 aliphatic heterocycles. The molecule has 2 aliphatic rings. The minimum Gasteiger partial charge on any atom is -0.355 e. The van der Waals surface area contributed by atoms with Crippen LogP contribution in [0.2, 0.25) is 0 Å². The number of nitrogens with one attached hydrogen (secondary N) is 1. The molecule has 29 heavy (non-hydrogen) atoms. The molecule has 0 unspecified atom stereocenters. The first-order chi connectivity index (χ1) is 13.8. The lowest BCUT2D eigenvalue weighted by Crippen LogP contribution is -2.51. The minimum atomic E-state index is -3.55. The molecule has 0 aliphatic carbocycles. The predicted octanol–water partition coefficient (Wildman–Crippen LogP) is 0.0936. The number of carbonyl (C=O) groups is 2. The lowest BCUT2D eigenvalue weighted by molar-refractivity contribution is -0.122. The molecule has 2 fully saturated rings. The monoisotopic (exact) mass is 425 g/mol. The van der Waals surface area contributed by atoms with Crippen LogP contribution in [0.5, 0.6) is 0 Å². The Morgan fingerprint density at radius 3 is 2.34 bits per heavy atom. The summed E-state index contributed by atoms with van der Waals surface area (Å²) in [5.74, 6) is -0.170. The summed E-state index contributed by atoms with van der Waals surface area (Å²) in [7, 11) is -1.85. The Hall–Kier alpha value is -1.91. The number of nitrogens with zero attached hydrogens (tertiary/aromatic N) is 4. The number of amides is 2. The Morgan fingerprint density at radius 1 is 1.07 bits per heavy atom. The highest BCUT2D eigenvalue weighted by molar-refractivity contribution is 7.89. The minimum absolute atomic E-state index is 0.00539. The summed E-state index contributed by atoms with van der Waals surface area (Å²) in [6, 6.07) is 1.49. The van der Waals surface area contributed by atoms with Crippen molar-refractivity contribution in [3.05, 3.63) is 18.0 Å². The third-order valence-corrected chi connectivity index (χ3v) is 7.36. The van der Waals surface area contributed by atoms with Gasteiger partial charge >= 0.3 is 0 Å². The second-order valence-corrected chi connectivity index (χ2v) is 9.64. The van der Waals surface area contributed by atoms with E-state index < -0.39 is 10.0 Å². The van der Waals surface area contributed by atoms with Crippen molar-refractivity contribution in [1.29, 1.82) is 0 Å². The van der Waals surface area contributed by atoms with Crippen LogP contribution in [0, 0.1) is 0 Å². The molecule has 1 aromatic rings. The van der Waals surface area contributed by atoms with Gasteiger partial charge in [-0.1, -0.05) is 6.92 Å². The Kier molecular flexibility index (Phi) is 6.97. The average Bonchev–Trinajstić information content (AvgIpc) is 3.37. The van der Waals surface area contributed by atoms with Gasteiger partial charge in [-0.2, -0.15) is 4.31 Å². The molecule has 1 aromatic heterocycles. The van der Waals surface area contributed by atoms with Gasteiger partial charge in [0.1, 0.15) is 10.6 Å². The van der Waals surface area contributed by atoms with E-state index in [9.17, 15) is 18.0 Å². The van der Waals surface area contributed by atoms with Gasteiger partial charge in [0.05, 0.1) is 6.54 Å². The topological polar surface area (TPSA) is 95.0 Å². The molecule has 0 aromatic carbocycles. The molecule has 2 saturated heterocycles. The molecule has 3 rings (SSSR count). The van der Waals surface area contributed by atoms with Crippen molar-refractivity contribution in [2.45, 2.75) is 31.1 Å². The van der Waals surface area contributed by atoms with Crippen LogP contribution in [-0.4, -0.2) is 91.3 Å². The van der Waals surface area contributed by atoms with Crippen LogP contribution in [0.15, 0.2) is 17.2 Å². The summed E-state index contributed by atoms with van der Waals surface area (Å²) in [5, 5.41) is 2.86. The van der Waals surface area contributed by atoms with E-state index in [0.29, 0.717) is 58.1 Å². The molecule has 2 amide bonds. The summed E-state index contributed by atoms with van der Waals surface area (Å²) in [6.07, 6.45) is 4.17. The van der Waals surface area contributed by atoms with Crippen LogP contribution >= 0.6 is 0 Å². The fraction of sp³-hybridized carbons (Fsp3) is 0.684. The SMILES string of the molecule is CCCNC(=O)CN1CCN(C(=O)c2cc(S(=O)(=O)N3CCCC3)cn2C)CC1. The molecule has 162 valence electrons.